The van der Waals surface area contributed by atoms with E-state index in [0.717, 1.165) is 5.56 Å². The first kappa shape index (κ1) is 13.9. The van der Waals surface area contributed by atoms with Crippen LogP contribution < -0.4 is 5.32 Å². The molecule has 1 N–H and O–H groups in total. The van der Waals surface area contributed by atoms with E-state index in [9.17, 15) is 18.9 Å². The molecule has 0 fully saturated rings. The second-order valence-corrected chi connectivity index (χ2v) is 4.24. The zero-order valence-corrected chi connectivity index (χ0v) is 10.6. The van der Waals surface area contributed by atoms with E-state index < -0.39 is 22.2 Å². The summed E-state index contributed by atoms with van der Waals surface area (Å²) in [5.74, 6) is -1.97. The first-order valence-corrected chi connectivity index (χ1v) is 5.82. The van der Waals surface area contributed by atoms with Crippen molar-refractivity contribution in [2.45, 2.75) is 6.42 Å². The van der Waals surface area contributed by atoms with Crippen LogP contribution >= 0.6 is 0 Å². The number of hydrogen-bond acceptors (Lipinski definition) is 4. The van der Waals surface area contributed by atoms with Crippen LogP contribution in [0.25, 0.3) is 0 Å². The number of aromatic nitrogens is 2. The van der Waals surface area contributed by atoms with E-state index in [2.05, 4.69) is 10.4 Å². The van der Waals surface area contributed by atoms with Crippen molar-refractivity contribution in [3.05, 3.63) is 51.8 Å². The number of hydrogen-bond donors (Lipinski definition) is 1. The third-order valence-electron chi connectivity index (χ3n) is 2.71. The van der Waals surface area contributed by atoms with Crippen LogP contribution in [-0.4, -0.2) is 21.2 Å². The Labute approximate surface area is 113 Å². The lowest BCUT2D eigenvalue weighted by atomic mass is 10.2. The molecule has 2 aromatic rings. The molecule has 0 saturated heterocycles. The Morgan fingerprint density at radius 1 is 1.40 bits per heavy atom. The Morgan fingerprint density at radius 3 is 2.55 bits per heavy atom. The second-order valence-electron chi connectivity index (χ2n) is 4.24. The molecule has 0 bridgehead atoms. The van der Waals surface area contributed by atoms with Gasteiger partial charge in [-0.1, -0.05) is 0 Å². The van der Waals surface area contributed by atoms with Crippen molar-refractivity contribution >= 4 is 11.4 Å². The molecule has 0 spiro atoms. The minimum absolute atomic E-state index is 0.289. The van der Waals surface area contributed by atoms with Gasteiger partial charge in [0.05, 0.1) is 23.3 Å². The van der Waals surface area contributed by atoms with Gasteiger partial charge in [-0.15, -0.1) is 0 Å². The highest BCUT2D eigenvalue weighted by atomic mass is 19.1. The van der Waals surface area contributed by atoms with E-state index in [-0.39, 0.29) is 12.2 Å². The zero-order chi connectivity index (χ0) is 14.7. The number of benzene rings is 1. The Morgan fingerprint density at radius 2 is 2.05 bits per heavy atom. The van der Waals surface area contributed by atoms with E-state index in [1.807, 2.05) is 0 Å². The lowest BCUT2D eigenvalue weighted by Crippen LogP contribution is -2.08. The van der Waals surface area contributed by atoms with Gasteiger partial charge in [0, 0.05) is 19.8 Å². The van der Waals surface area contributed by atoms with Crippen molar-refractivity contribution < 1.29 is 13.7 Å². The van der Waals surface area contributed by atoms with E-state index in [4.69, 9.17) is 0 Å². The Kier molecular flexibility index (Phi) is 3.92. The van der Waals surface area contributed by atoms with E-state index in [1.54, 1.807) is 24.1 Å². The van der Waals surface area contributed by atoms with Crippen molar-refractivity contribution in [1.29, 1.82) is 0 Å². The number of rotatable bonds is 5. The molecule has 2 rings (SSSR count). The van der Waals surface area contributed by atoms with Crippen molar-refractivity contribution in [3.63, 3.8) is 0 Å². The van der Waals surface area contributed by atoms with Gasteiger partial charge in [-0.3, -0.25) is 14.8 Å². The molecular weight excluding hydrogens is 270 g/mol. The van der Waals surface area contributed by atoms with Gasteiger partial charge in [0.1, 0.15) is 5.69 Å². The van der Waals surface area contributed by atoms with Crippen LogP contribution in [0, 0.1) is 21.7 Å². The van der Waals surface area contributed by atoms with Crippen LogP contribution in [0.2, 0.25) is 0 Å². The van der Waals surface area contributed by atoms with Gasteiger partial charge in [-0.25, -0.2) is 8.78 Å². The number of anilines is 1. The van der Waals surface area contributed by atoms with Crippen molar-refractivity contribution in [2.24, 2.45) is 7.05 Å². The highest BCUT2D eigenvalue weighted by Crippen LogP contribution is 2.24. The maximum atomic E-state index is 13.6. The summed E-state index contributed by atoms with van der Waals surface area (Å²) in [6.45, 7) is 0.289. The predicted octanol–water partition coefficient (Wildman–Crippen LogP) is 2.26. The number of nitro groups is 1. The Bertz CT molecular complexity index is 619. The third-order valence-corrected chi connectivity index (χ3v) is 2.71. The molecular formula is C12H12F2N4O2. The van der Waals surface area contributed by atoms with Crippen LogP contribution in [0.15, 0.2) is 24.5 Å². The van der Waals surface area contributed by atoms with Gasteiger partial charge < -0.3 is 5.32 Å². The van der Waals surface area contributed by atoms with Gasteiger partial charge >= 0.3 is 0 Å². The number of non-ortho nitro benzene ring substituents is 1. The Hall–Kier alpha value is -2.51. The molecule has 20 heavy (non-hydrogen) atoms. The van der Waals surface area contributed by atoms with Crippen LogP contribution in [0.5, 0.6) is 0 Å². The molecule has 1 aromatic heterocycles. The summed E-state index contributed by atoms with van der Waals surface area (Å²) < 4.78 is 28.8. The zero-order valence-electron chi connectivity index (χ0n) is 10.6. The number of nitro benzene ring substituents is 1. The standard InChI is InChI=1S/C12H12F2N4O2/c1-17-7-8(6-16-17)2-3-15-12-10(13)4-9(18(19)20)5-11(12)14/h4-7,15H,2-3H2,1H3. The second kappa shape index (κ2) is 5.64. The molecule has 0 aliphatic carbocycles. The fourth-order valence-corrected chi connectivity index (χ4v) is 1.77. The van der Waals surface area contributed by atoms with Crippen LogP contribution in [-0.2, 0) is 13.5 Å². The summed E-state index contributed by atoms with van der Waals surface area (Å²) >= 11 is 0. The molecule has 0 atom stereocenters. The van der Waals surface area contributed by atoms with Crippen LogP contribution in [0.1, 0.15) is 5.56 Å². The van der Waals surface area contributed by atoms with Crippen molar-refractivity contribution in [2.75, 3.05) is 11.9 Å². The highest BCUT2D eigenvalue weighted by molar-refractivity contribution is 5.51. The maximum Gasteiger partial charge on any atom is 0.275 e. The predicted molar refractivity (Wildman–Crippen MR) is 68.4 cm³/mol. The average Bonchev–Trinajstić information content (AvgIpc) is 2.78. The van der Waals surface area contributed by atoms with Crippen molar-refractivity contribution in [1.82, 2.24) is 9.78 Å². The van der Waals surface area contributed by atoms with Crippen LogP contribution in [0.3, 0.4) is 0 Å². The van der Waals surface area contributed by atoms with Crippen LogP contribution in [0.4, 0.5) is 20.2 Å². The first-order valence-electron chi connectivity index (χ1n) is 5.82. The summed E-state index contributed by atoms with van der Waals surface area (Å²) in [7, 11) is 1.77. The third kappa shape index (κ3) is 3.08. The van der Waals surface area contributed by atoms with Crippen molar-refractivity contribution in [3.8, 4) is 0 Å². The number of nitrogens with zero attached hydrogens (tertiary/aromatic N) is 3. The topological polar surface area (TPSA) is 73.0 Å². The molecule has 0 aliphatic rings. The Balaban J connectivity index is 2.04. The summed E-state index contributed by atoms with van der Waals surface area (Å²) in [5.41, 5.74) is -0.0555. The minimum Gasteiger partial charge on any atom is -0.380 e. The monoisotopic (exact) mass is 282 g/mol. The fraction of sp³-hybridized carbons (Fsp3) is 0.250. The number of aryl methyl sites for hydroxylation is 1. The van der Waals surface area contributed by atoms with E-state index >= 15 is 0 Å². The van der Waals surface area contributed by atoms with Gasteiger partial charge in [-0.05, 0) is 12.0 Å². The number of halogens is 2. The summed E-state index contributed by atoms with van der Waals surface area (Å²) in [4.78, 5) is 9.62. The SMILES string of the molecule is Cn1cc(CCNc2c(F)cc([N+](=O)[O-])cc2F)cn1. The molecule has 0 aliphatic heterocycles. The molecule has 0 radical (unpaired) electrons. The minimum atomic E-state index is -0.983. The van der Waals surface area contributed by atoms with Gasteiger partial charge in [0.25, 0.3) is 5.69 Å². The summed E-state index contributed by atoms with van der Waals surface area (Å²) in [5, 5.41) is 17.0. The molecule has 0 unspecified atom stereocenters. The molecule has 6 nitrogen and oxygen atoms in total. The maximum absolute atomic E-state index is 13.6. The summed E-state index contributed by atoms with van der Waals surface area (Å²) in [6, 6.07) is 1.38. The smallest absolute Gasteiger partial charge is 0.275 e. The fourth-order valence-electron chi connectivity index (χ4n) is 1.77. The summed E-state index contributed by atoms with van der Waals surface area (Å²) in [6.07, 6.45) is 3.98. The molecule has 1 aromatic carbocycles. The molecule has 106 valence electrons. The number of nitrogens with one attached hydrogen (secondary N) is 1. The van der Waals surface area contributed by atoms with E-state index in [0.29, 0.717) is 18.6 Å². The normalized spacial score (nSPS) is 10.6. The molecule has 8 heteroatoms. The van der Waals surface area contributed by atoms with Gasteiger partial charge in [0.2, 0.25) is 0 Å². The lowest BCUT2D eigenvalue weighted by Gasteiger charge is -2.07. The molecule has 0 saturated carbocycles. The van der Waals surface area contributed by atoms with Gasteiger partial charge in [-0.2, -0.15) is 5.10 Å². The highest BCUT2D eigenvalue weighted by Gasteiger charge is 2.16. The largest absolute Gasteiger partial charge is 0.380 e. The molecule has 0 amide bonds. The first-order chi connectivity index (χ1) is 9.47. The molecule has 1 heterocycles. The average molecular weight is 282 g/mol. The van der Waals surface area contributed by atoms with Gasteiger partial charge in [0.15, 0.2) is 11.6 Å². The van der Waals surface area contributed by atoms with E-state index in [1.165, 1.54) is 0 Å². The lowest BCUT2D eigenvalue weighted by molar-refractivity contribution is -0.385. The quantitative estimate of drug-likeness (QED) is 0.674.